The van der Waals surface area contributed by atoms with Crippen LogP contribution in [0, 0.1) is 26.6 Å². The Morgan fingerprint density at radius 1 is 1.08 bits per heavy atom. The van der Waals surface area contributed by atoms with Gasteiger partial charge in [0.25, 0.3) is 0 Å². The zero-order valence-electron chi connectivity index (χ0n) is 14.8. The molecule has 0 bridgehead atoms. The van der Waals surface area contributed by atoms with E-state index in [4.69, 9.17) is 5.11 Å². The lowest BCUT2D eigenvalue weighted by Crippen LogP contribution is -1.99. The number of aliphatic imine (C=N–C) groups is 1. The number of nitrogens with zero attached hydrogens (tertiary/aromatic N) is 2. The van der Waals surface area contributed by atoms with Crippen molar-refractivity contribution in [3.63, 3.8) is 0 Å². The van der Waals surface area contributed by atoms with Crippen LogP contribution in [0.15, 0.2) is 53.5 Å². The first-order valence-corrected chi connectivity index (χ1v) is 8.19. The number of aryl methyl sites for hydroxylation is 2. The minimum Gasteiger partial charge on any atom is -0.478 e. The van der Waals surface area contributed by atoms with Crippen LogP contribution in [-0.4, -0.2) is 21.9 Å². The van der Waals surface area contributed by atoms with Gasteiger partial charge >= 0.3 is 5.97 Å². The summed E-state index contributed by atoms with van der Waals surface area (Å²) in [7, 11) is 0. The predicted molar refractivity (Wildman–Crippen MR) is 101 cm³/mol. The van der Waals surface area contributed by atoms with Crippen LogP contribution in [-0.2, 0) is 0 Å². The van der Waals surface area contributed by atoms with Gasteiger partial charge in [-0.1, -0.05) is 0 Å². The zero-order valence-corrected chi connectivity index (χ0v) is 14.8. The summed E-state index contributed by atoms with van der Waals surface area (Å²) in [4.78, 5) is 15.5. The van der Waals surface area contributed by atoms with Crippen molar-refractivity contribution in [1.29, 1.82) is 0 Å². The van der Waals surface area contributed by atoms with Crippen LogP contribution in [0.25, 0.3) is 5.69 Å². The third kappa shape index (κ3) is 3.42. The van der Waals surface area contributed by atoms with Crippen LogP contribution in [0.4, 0.5) is 10.1 Å². The number of halogens is 1. The van der Waals surface area contributed by atoms with Gasteiger partial charge in [-0.15, -0.1) is 0 Å². The van der Waals surface area contributed by atoms with Crippen LogP contribution < -0.4 is 0 Å². The first kappa shape index (κ1) is 17.6. The highest BCUT2D eigenvalue weighted by Gasteiger charge is 2.10. The molecule has 0 aliphatic heterocycles. The number of aromatic nitrogens is 1. The number of hydrogen-bond acceptors (Lipinski definition) is 2. The molecule has 0 radical (unpaired) electrons. The molecule has 0 saturated carbocycles. The van der Waals surface area contributed by atoms with Crippen LogP contribution in [0.2, 0.25) is 0 Å². The Morgan fingerprint density at radius 2 is 1.77 bits per heavy atom. The van der Waals surface area contributed by atoms with Crippen LogP contribution in [0.3, 0.4) is 0 Å². The maximum absolute atomic E-state index is 13.2. The highest BCUT2D eigenvalue weighted by molar-refractivity contribution is 5.89. The summed E-state index contributed by atoms with van der Waals surface area (Å²) in [6.07, 6.45) is 1.77. The third-order valence-electron chi connectivity index (χ3n) is 4.34. The number of carbonyl (C=O) groups is 1. The lowest BCUT2D eigenvalue weighted by atomic mass is 10.1. The van der Waals surface area contributed by atoms with Crippen LogP contribution in [0.1, 0.15) is 32.9 Å². The average Bonchev–Trinajstić information content (AvgIpc) is 2.88. The summed E-state index contributed by atoms with van der Waals surface area (Å²) in [5.41, 5.74) is 5.63. The third-order valence-corrected chi connectivity index (χ3v) is 4.34. The molecule has 0 fully saturated rings. The molecule has 0 aliphatic carbocycles. The van der Waals surface area contributed by atoms with Crippen molar-refractivity contribution in [2.45, 2.75) is 20.8 Å². The lowest BCUT2D eigenvalue weighted by Gasteiger charge is -2.09. The van der Waals surface area contributed by atoms with Gasteiger partial charge in [-0.3, -0.25) is 4.99 Å². The molecular formula is C21H19FN2O2. The second kappa shape index (κ2) is 6.96. The Kier molecular flexibility index (Phi) is 4.71. The van der Waals surface area contributed by atoms with Crippen molar-refractivity contribution in [3.8, 4) is 5.69 Å². The monoisotopic (exact) mass is 350 g/mol. The van der Waals surface area contributed by atoms with Gasteiger partial charge in [-0.05, 0) is 74.9 Å². The standard InChI is InChI=1S/C21H19FN2O2/c1-13-10-16(21(25)26)4-9-20(13)23-12-17-11-14(2)24(15(17)3)19-7-5-18(22)6-8-19/h4-12H,1-3H3,(H,25,26). The Labute approximate surface area is 151 Å². The van der Waals surface area contributed by atoms with Gasteiger partial charge in [0.05, 0.1) is 11.3 Å². The summed E-state index contributed by atoms with van der Waals surface area (Å²) in [6, 6.07) is 13.2. The van der Waals surface area contributed by atoms with E-state index in [1.165, 1.54) is 12.1 Å². The Balaban J connectivity index is 1.94. The smallest absolute Gasteiger partial charge is 0.335 e. The van der Waals surface area contributed by atoms with E-state index in [1.807, 2.05) is 31.4 Å². The molecule has 132 valence electrons. The Hall–Kier alpha value is -3.21. The van der Waals surface area contributed by atoms with E-state index in [-0.39, 0.29) is 11.4 Å². The first-order chi connectivity index (χ1) is 12.4. The maximum atomic E-state index is 13.2. The first-order valence-electron chi connectivity index (χ1n) is 8.19. The number of rotatable bonds is 4. The summed E-state index contributed by atoms with van der Waals surface area (Å²) in [5, 5.41) is 9.04. The molecule has 26 heavy (non-hydrogen) atoms. The fraction of sp³-hybridized carbons (Fsp3) is 0.143. The number of carboxylic acid groups (broad SMARTS) is 1. The predicted octanol–water partition coefficient (Wildman–Crippen LogP) is 4.99. The van der Waals surface area contributed by atoms with Gasteiger partial charge in [0.15, 0.2) is 0 Å². The van der Waals surface area contributed by atoms with Crippen molar-refractivity contribution in [2.75, 3.05) is 0 Å². The highest BCUT2D eigenvalue weighted by atomic mass is 19.1. The van der Waals surface area contributed by atoms with Gasteiger partial charge in [-0.2, -0.15) is 0 Å². The summed E-state index contributed by atoms with van der Waals surface area (Å²) in [6.45, 7) is 5.81. The summed E-state index contributed by atoms with van der Waals surface area (Å²) in [5.74, 6) is -1.22. The van der Waals surface area contributed by atoms with E-state index in [2.05, 4.69) is 4.99 Å². The van der Waals surface area contributed by atoms with Crippen molar-refractivity contribution < 1.29 is 14.3 Å². The minimum atomic E-state index is -0.952. The SMILES string of the molecule is Cc1cc(C(=O)O)ccc1N=Cc1cc(C)n(-c2ccc(F)cc2)c1C. The molecule has 3 rings (SSSR count). The molecule has 0 amide bonds. The van der Waals surface area contributed by atoms with Gasteiger partial charge in [-0.25, -0.2) is 9.18 Å². The molecule has 0 atom stereocenters. The molecule has 0 aliphatic rings. The number of benzene rings is 2. The molecule has 0 spiro atoms. The van der Waals surface area contributed by atoms with E-state index in [1.54, 1.807) is 36.5 Å². The molecule has 2 aromatic carbocycles. The largest absolute Gasteiger partial charge is 0.478 e. The second-order valence-electron chi connectivity index (χ2n) is 6.20. The van der Waals surface area contributed by atoms with Crippen molar-refractivity contribution >= 4 is 17.9 Å². The number of carboxylic acids is 1. The molecule has 1 heterocycles. The van der Waals surface area contributed by atoms with Gasteiger partial charge in [0.1, 0.15) is 5.82 Å². The Bertz CT molecular complexity index is 1000. The van der Waals surface area contributed by atoms with Crippen molar-refractivity contribution in [3.05, 3.63) is 82.4 Å². The minimum absolute atomic E-state index is 0.246. The zero-order chi connectivity index (χ0) is 18.8. The maximum Gasteiger partial charge on any atom is 0.335 e. The highest BCUT2D eigenvalue weighted by Crippen LogP contribution is 2.23. The number of aromatic carboxylic acids is 1. The lowest BCUT2D eigenvalue weighted by molar-refractivity contribution is 0.0697. The Morgan fingerprint density at radius 3 is 2.38 bits per heavy atom. The van der Waals surface area contributed by atoms with E-state index in [0.29, 0.717) is 0 Å². The fourth-order valence-electron chi connectivity index (χ4n) is 2.98. The van der Waals surface area contributed by atoms with Crippen LogP contribution >= 0.6 is 0 Å². The van der Waals surface area contributed by atoms with Crippen molar-refractivity contribution in [1.82, 2.24) is 4.57 Å². The molecule has 0 saturated heterocycles. The fourth-order valence-corrected chi connectivity index (χ4v) is 2.98. The summed E-state index contributed by atoms with van der Waals surface area (Å²) >= 11 is 0. The average molecular weight is 350 g/mol. The van der Waals surface area contributed by atoms with E-state index >= 15 is 0 Å². The molecule has 4 nitrogen and oxygen atoms in total. The molecular weight excluding hydrogens is 331 g/mol. The molecule has 5 heteroatoms. The second-order valence-corrected chi connectivity index (χ2v) is 6.20. The number of hydrogen-bond donors (Lipinski definition) is 1. The van der Waals surface area contributed by atoms with E-state index in [9.17, 15) is 9.18 Å². The topological polar surface area (TPSA) is 54.6 Å². The van der Waals surface area contributed by atoms with E-state index < -0.39 is 5.97 Å². The molecule has 3 aromatic rings. The quantitative estimate of drug-likeness (QED) is 0.674. The van der Waals surface area contributed by atoms with E-state index in [0.717, 1.165) is 33.9 Å². The van der Waals surface area contributed by atoms with Crippen molar-refractivity contribution in [2.24, 2.45) is 4.99 Å². The normalized spacial score (nSPS) is 11.2. The summed E-state index contributed by atoms with van der Waals surface area (Å²) < 4.78 is 15.2. The van der Waals surface area contributed by atoms with Gasteiger partial charge in [0.2, 0.25) is 0 Å². The van der Waals surface area contributed by atoms with Gasteiger partial charge in [0, 0.05) is 28.9 Å². The van der Waals surface area contributed by atoms with Gasteiger partial charge < -0.3 is 9.67 Å². The molecule has 0 unspecified atom stereocenters. The molecule has 1 aromatic heterocycles. The van der Waals surface area contributed by atoms with Crippen LogP contribution in [0.5, 0.6) is 0 Å². The molecule has 1 N–H and O–H groups in total.